The van der Waals surface area contributed by atoms with E-state index in [-0.39, 0.29) is 0 Å². The average molecular weight is 174 g/mol. The van der Waals surface area contributed by atoms with Crippen LogP contribution < -0.4 is 4.74 Å². The van der Waals surface area contributed by atoms with E-state index in [0.717, 1.165) is 22.1 Å². The summed E-state index contributed by atoms with van der Waals surface area (Å²) in [6, 6.07) is 4.02. The Morgan fingerprint density at radius 3 is 2.31 bits per heavy atom. The number of ether oxygens (including phenoxy) is 1. The minimum atomic E-state index is 0.889. The van der Waals surface area contributed by atoms with Crippen LogP contribution >= 0.6 is 0 Å². The zero-order valence-corrected chi connectivity index (χ0v) is 7.61. The van der Waals surface area contributed by atoms with Crippen LogP contribution in [0.1, 0.15) is 5.56 Å². The molecule has 0 spiro atoms. The summed E-state index contributed by atoms with van der Waals surface area (Å²) in [6.45, 7) is 2.01. The van der Waals surface area contributed by atoms with Gasteiger partial charge in [0.1, 0.15) is 5.75 Å². The second-order valence-corrected chi connectivity index (χ2v) is 2.94. The largest absolute Gasteiger partial charge is 0.496 e. The molecular weight excluding hydrogens is 164 g/mol. The molecule has 0 aliphatic rings. The number of fused-ring (bicyclic) bond motifs is 1. The third-order valence-corrected chi connectivity index (χ3v) is 2.06. The molecule has 3 nitrogen and oxygen atoms in total. The summed E-state index contributed by atoms with van der Waals surface area (Å²) in [5.41, 5.74) is 1.11. The Morgan fingerprint density at radius 1 is 1.08 bits per heavy atom. The zero-order valence-electron chi connectivity index (χ0n) is 7.61. The van der Waals surface area contributed by atoms with Crippen LogP contribution in [0.15, 0.2) is 24.5 Å². The second kappa shape index (κ2) is 3.01. The number of aryl methyl sites for hydroxylation is 1. The van der Waals surface area contributed by atoms with E-state index in [0.29, 0.717) is 0 Å². The Balaban J connectivity index is 2.74. The van der Waals surface area contributed by atoms with Gasteiger partial charge < -0.3 is 4.74 Å². The Kier molecular flexibility index (Phi) is 1.85. The Bertz CT molecular complexity index is 440. The van der Waals surface area contributed by atoms with E-state index < -0.39 is 0 Å². The molecule has 13 heavy (non-hydrogen) atoms. The first-order valence-corrected chi connectivity index (χ1v) is 4.06. The van der Waals surface area contributed by atoms with Gasteiger partial charge in [-0.3, -0.25) is 0 Å². The lowest BCUT2D eigenvalue weighted by Gasteiger charge is -2.05. The molecule has 0 bridgehead atoms. The minimum Gasteiger partial charge on any atom is -0.496 e. The van der Waals surface area contributed by atoms with Crippen molar-refractivity contribution in [3.05, 3.63) is 30.1 Å². The van der Waals surface area contributed by atoms with Crippen molar-refractivity contribution in [3.8, 4) is 5.75 Å². The molecule has 0 saturated heterocycles. The van der Waals surface area contributed by atoms with Crippen LogP contribution in [0.4, 0.5) is 0 Å². The van der Waals surface area contributed by atoms with Gasteiger partial charge in [0.25, 0.3) is 0 Å². The Morgan fingerprint density at radius 2 is 1.69 bits per heavy atom. The molecule has 0 radical (unpaired) electrons. The second-order valence-electron chi connectivity index (χ2n) is 2.94. The molecule has 2 aromatic rings. The van der Waals surface area contributed by atoms with Gasteiger partial charge in [0.2, 0.25) is 0 Å². The highest BCUT2D eigenvalue weighted by molar-refractivity contribution is 5.83. The highest BCUT2D eigenvalue weighted by atomic mass is 16.5. The van der Waals surface area contributed by atoms with Crippen molar-refractivity contribution in [3.63, 3.8) is 0 Å². The smallest absolute Gasteiger partial charge is 0.122 e. The van der Waals surface area contributed by atoms with Gasteiger partial charge in [-0.15, -0.1) is 0 Å². The lowest BCUT2D eigenvalue weighted by molar-refractivity contribution is 0.412. The van der Waals surface area contributed by atoms with Crippen molar-refractivity contribution in [2.45, 2.75) is 6.92 Å². The Hall–Kier alpha value is -1.64. The monoisotopic (exact) mass is 174 g/mol. The lowest BCUT2D eigenvalue weighted by atomic mass is 10.1. The summed E-state index contributed by atoms with van der Waals surface area (Å²) in [5, 5.41) is 9.78. The van der Waals surface area contributed by atoms with Gasteiger partial charge in [-0.1, -0.05) is 0 Å². The van der Waals surface area contributed by atoms with Gasteiger partial charge in [0.05, 0.1) is 19.5 Å². The SMILES string of the molecule is COc1cc2cnncc2cc1C. The molecule has 0 aliphatic carbocycles. The molecule has 1 aromatic heterocycles. The number of hydrogen-bond acceptors (Lipinski definition) is 3. The van der Waals surface area contributed by atoms with Gasteiger partial charge in [-0.25, -0.2) is 0 Å². The molecule has 1 aromatic carbocycles. The third-order valence-electron chi connectivity index (χ3n) is 2.06. The standard InChI is InChI=1S/C10H10N2O/c1-7-3-8-5-11-12-6-9(8)4-10(7)13-2/h3-6H,1-2H3. The topological polar surface area (TPSA) is 35.0 Å². The van der Waals surface area contributed by atoms with Crippen molar-refractivity contribution < 1.29 is 4.74 Å². The highest BCUT2D eigenvalue weighted by Crippen LogP contribution is 2.23. The first kappa shape index (κ1) is 7.98. The first-order valence-electron chi connectivity index (χ1n) is 4.06. The normalized spacial score (nSPS) is 10.3. The molecule has 0 fully saturated rings. The molecular formula is C10H10N2O. The van der Waals surface area contributed by atoms with E-state index in [2.05, 4.69) is 10.2 Å². The van der Waals surface area contributed by atoms with Crippen LogP contribution in [-0.4, -0.2) is 17.3 Å². The summed E-state index contributed by atoms with van der Waals surface area (Å²) in [7, 11) is 1.67. The quantitative estimate of drug-likeness (QED) is 0.662. The fourth-order valence-electron chi connectivity index (χ4n) is 1.36. The molecule has 66 valence electrons. The van der Waals surface area contributed by atoms with Gasteiger partial charge in [0.15, 0.2) is 0 Å². The maximum absolute atomic E-state index is 5.20. The zero-order chi connectivity index (χ0) is 9.26. The van der Waals surface area contributed by atoms with Crippen molar-refractivity contribution in [1.82, 2.24) is 10.2 Å². The molecule has 2 rings (SSSR count). The summed E-state index contributed by atoms with van der Waals surface area (Å²) >= 11 is 0. The highest BCUT2D eigenvalue weighted by Gasteiger charge is 2.00. The molecule has 3 heteroatoms. The molecule has 0 atom stereocenters. The summed E-state index contributed by atoms with van der Waals surface area (Å²) in [5.74, 6) is 0.889. The number of nitrogens with zero attached hydrogens (tertiary/aromatic N) is 2. The van der Waals surface area contributed by atoms with E-state index in [1.807, 2.05) is 19.1 Å². The van der Waals surface area contributed by atoms with E-state index in [4.69, 9.17) is 4.74 Å². The average Bonchev–Trinajstić information content (AvgIpc) is 2.17. The lowest BCUT2D eigenvalue weighted by Crippen LogP contribution is -1.88. The van der Waals surface area contributed by atoms with Crippen molar-refractivity contribution in [1.29, 1.82) is 0 Å². The third kappa shape index (κ3) is 1.33. The number of hydrogen-bond donors (Lipinski definition) is 0. The van der Waals surface area contributed by atoms with Crippen LogP contribution in [0, 0.1) is 6.92 Å². The minimum absolute atomic E-state index is 0.889. The maximum atomic E-state index is 5.20. The van der Waals surface area contributed by atoms with Crippen LogP contribution in [0.5, 0.6) is 5.75 Å². The number of benzene rings is 1. The molecule has 0 N–H and O–H groups in total. The van der Waals surface area contributed by atoms with E-state index >= 15 is 0 Å². The number of methoxy groups -OCH3 is 1. The van der Waals surface area contributed by atoms with E-state index in [9.17, 15) is 0 Å². The molecule has 0 aliphatic heterocycles. The summed E-state index contributed by atoms with van der Waals surface area (Å²) in [6.07, 6.45) is 3.49. The van der Waals surface area contributed by atoms with Crippen LogP contribution in [-0.2, 0) is 0 Å². The van der Waals surface area contributed by atoms with Crippen LogP contribution in [0.3, 0.4) is 0 Å². The molecule has 0 saturated carbocycles. The fraction of sp³-hybridized carbons (Fsp3) is 0.200. The first-order chi connectivity index (χ1) is 6.31. The summed E-state index contributed by atoms with van der Waals surface area (Å²) in [4.78, 5) is 0. The van der Waals surface area contributed by atoms with Crippen molar-refractivity contribution in [2.75, 3.05) is 7.11 Å². The number of rotatable bonds is 1. The van der Waals surface area contributed by atoms with Crippen LogP contribution in [0.2, 0.25) is 0 Å². The molecule has 0 amide bonds. The van der Waals surface area contributed by atoms with Gasteiger partial charge in [-0.05, 0) is 24.6 Å². The predicted octanol–water partition coefficient (Wildman–Crippen LogP) is 1.95. The van der Waals surface area contributed by atoms with Crippen LogP contribution in [0.25, 0.3) is 10.8 Å². The number of aromatic nitrogens is 2. The molecule has 0 unspecified atom stereocenters. The van der Waals surface area contributed by atoms with Crippen molar-refractivity contribution >= 4 is 10.8 Å². The Labute approximate surface area is 76.4 Å². The van der Waals surface area contributed by atoms with E-state index in [1.54, 1.807) is 19.5 Å². The molecule has 1 heterocycles. The maximum Gasteiger partial charge on any atom is 0.122 e. The summed E-state index contributed by atoms with van der Waals surface area (Å²) < 4.78 is 5.20. The van der Waals surface area contributed by atoms with Gasteiger partial charge in [-0.2, -0.15) is 10.2 Å². The predicted molar refractivity (Wildman–Crippen MR) is 50.8 cm³/mol. The van der Waals surface area contributed by atoms with Gasteiger partial charge in [0, 0.05) is 10.8 Å². The van der Waals surface area contributed by atoms with Crippen molar-refractivity contribution in [2.24, 2.45) is 0 Å². The fourth-order valence-corrected chi connectivity index (χ4v) is 1.36. The van der Waals surface area contributed by atoms with E-state index in [1.165, 1.54) is 0 Å². The van der Waals surface area contributed by atoms with Gasteiger partial charge >= 0.3 is 0 Å².